The molecule has 1 aromatic heterocycles. The summed E-state index contributed by atoms with van der Waals surface area (Å²) >= 11 is 1.47. The lowest BCUT2D eigenvalue weighted by Gasteiger charge is -2.35. The van der Waals surface area contributed by atoms with Crippen molar-refractivity contribution in [1.29, 1.82) is 0 Å². The number of rotatable bonds is 3. The predicted octanol–water partition coefficient (Wildman–Crippen LogP) is 3.74. The first kappa shape index (κ1) is 19.4. The van der Waals surface area contributed by atoms with Gasteiger partial charge in [-0.2, -0.15) is 0 Å². The average Bonchev–Trinajstić information content (AvgIpc) is 3.50. The summed E-state index contributed by atoms with van der Waals surface area (Å²) in [7, 11) is 0. The van der Waals surface area contributed by atoms with Crippen LogP contribution in [-0.2, 0) is 4.79 Å². The van der Waals surface area contributed by atoms with Crippen LogP contribution >= 0.6 is 11.3 Å². The zero-order chi connectivity index (χ0) is 20.5. The van der Waals surface area contributed by atoms with E-state index in [2.05, 4.69) is 6.07 Å². The first-order valence-corrected chi connectivity index (χ1v) is 11.6. The number of carbonyl (C=O) groups is 2. The predicted molar refractivity (Wildman–Crippen MR) is 114 cm³/mol. The Hall–Kier alpha value is -2.54. The Labute approximate surface area is 180 Å². The third-order valence-corrected chi connectivity index (χ3v) is 7.21. The lowest BCUT2D eigenvalue weighted by atomic mass is 9.94. The summed E-state index contributed by atoms with van der Waals surface area (Å²) in [6.45, 7) is 3.23. The highest BCUT2D eigenvalue weighted by atomic mass is 32.1. The first-order chi connectivity index (χ1) is 14.7. The van der Waals surface area contributed by atoms with Gasteiger partial charge < -0.3 is 19.3 Å². The van der Waals surface area contributed by atoms with Crippen LogP contribution in [0, 0.1) is 5.92 Å². The minimum absolute atomic E-state index is 0.00445. The fourth-order valence-electron chi connectivity index (χ4n) is 4.76. The average molecular weight is 427 g/mol. The maximum atomic E-state index is 13.3. The van der Waals surface area contributed by atoms with Crippen molar-refractivity contribution in [2.45, 2.75) is 31.7 Å². The molecule has 0 N–H and O–H groups in total. The molecular weight excluding hydrogens is 400 g/mol. The summed E-state index contributed by atoms with van der Waals surface area (Å²) < 4.78 is 11.4. The quantitative estimate of drug-likeness (QED) is 0.750. The molecule has 0 bridgehead atoms. The summed E-state index contributed by atoms with van der Waals surface area (Å²) in [6.07, 6.45) is 3.46. The number of piperidine rings is 1. The smallest absolute Gasteiger partial charge is 0.263 e. The Kier molecular flexibility index (Phi) is 5.37. The first-order valence-electron chi connectivity index (χ1n) is 10.7. The van der Waals surface area contributed by atoms with E-state index in [1.807, 2.05) is 39.4 Å². The molecule has 158 valence electrons. The van der Waals surface area contributed by atoms with E-state index in [0.717, 1.165) is 54.2 Å². The van der Waals surface area contributed by atoms with Gasteiger partial charge in [-0.25, -0.2) is 0 Å². The van der Waals surface area contributed by atoms with Gasteiger partial charge in [0.25, 0.3) is 5.91 Å². The fraction of sp³-hybridized carbons (Fsp3) is 0.478. The number of hydrogen-bond acceptors (Lipinski definition) is 5. The molecule has 1 aromatic carbocycles. The van der Waals surface area contributed by atoms with Gasteiger partial charge in [0.2, 0.25) is 5.91 Å². The second-order valence-electron chi connectivity index (χ2n) is 8.14. The molecule has 5 rings (SSSR count). The molecule has 2 saturated heterocycles. The number of amides is 2. The van der Waals surface area contributed by atoms with Crippen LogP contribution in [0.1, 0.15) is 47.0 Å². The summed E-state index contributed by atoms with van der Waals surface area (Å²) in [6, 6.07) is 9.92. The van der Waals surface area contributed by atoms with Crippen LogP contribution in [0.2, 0.25) is 0 Å². The minimum atomic E-state index is -0.00445. The summed E-state index contributed by atoms with van der Waals surface area (Å²) in [4.78, 5) is 30.6. The highest BCUT2D eigenvalue weighted by Gasteiger charge is 2.36. The SMILES string of the molecule is O=C(c1cccs1)N1CCC(C(=O)N2CCCC2c2ccc3c(c2)OCCO3)CC1. The number of fused-ring (bicyclic) bond motifs is 1. The maximum Gasteiger partial charge on any atom is 0.263 e. The van der Waals surface area contributed by atoms with Crippen molar-refractivity contribution in [1.82, 2.24) is 9.80 Å². The monoisotopic (exact) mass is 426 g/mol. The molecule has 4 heterocycles. The largest absolute Gasteiger partial charge is 0.486 e. The normalized spacial score (nSPS) is 21.7. The number of carbonyl (C=O) groups excluding carboxylic acids is 2. The molecule has 2 aromatic rings. The third kappa shape index (κ3) is 3.67. The number of nitrogens with zero attached hydrogens (tertiary/aromatic N) is 2. The maximum absolute atomic E-state index is 13.3. The Morgan fingerprint density at radius 1 is 0.967 bits per heavy atom. The van der Waals surface area contributed by atoms with Crippen molar-refractivity contribution >= 4 is 23.2 Å². The Morgan fingerprint density at radius 2 is 1.77 bits per heavy atom. The van der Waals surface area contributed by atoms with Crippen LogP contribution in [0.5, 0.6) is 11.5 Å². The van der Waals surface area contributed by atoms with Gasteiger partial charge in [-0.15, -0.1) is 11.3 Å². The number of benzene rings is 1. The topological polar surface area (TPSA) is 59.1 Å². The third-order valence-electron chi connectivity index (χ3n) is 6.35. The molecule has 0 saturated carbocycles. The zero-order valence-corrected chi connectivity index (χ0v) is 17.7. The molecule has 7 heteroatoms. The van der Waals surface area contributed by atoms with Gasteiger partial charge >= 0.3 is 0 Å². The van der Waals surface area contributed by atoms with Gasteiger partial charge in [0.15, 0.2) is 11.5 Å². The van der Waals surface area contributed by atoms with E-state index >= 15 is 0 Å². The molecule has 2 fully saturated rings. The second-order valence-corrected chi connectivity index (χ2v) is 9.08. The summed E-state index contributed by atoms with van der Waals surface area (Å²) in [5.74, 6) is 1.87. The zero-order valence-electron chi connectivity index (χ0n) is 16.9. The van der Waals surface area contributed by atoms with Crippen LogP contribution < -0.4 is 9.47 Å². The van der Waals surface area contributed by atoms with Gasteiger partial charge in [0.05, 0.1) is 10.9 Å². The highest BCUT2D eigenvalue weighted by Crippen LogP contribution is 2.39. The van der Waals surface area contributed by atoms with Crippen molar-refractivity contribution < 1.29 is 19.1 Å². The van der Waals surface area contributed by atoms with Crippen molar-refractivity contribution in [3.8, 4) is 11.5 Å². The van der Waals surface area contributed by atoms with Crippen LogP contribution in [0.25, 0.3) is 0 Å². The Balaban J connectivity index is 1.24. The highest BCUT2D eigenvalue weighted by molar-refractivity contribution is 7.12. The molecule has 3 aliphatic heterocycles. The van der Waals surface area contributed by atoms with Crippen LogP contribution in [-0.4, -0.2) is 54.5 Å². The molecule has 1 atom stereocenters. The van der Waals surface area contributed by atoms with E-state index in [-0.39, 0.29) is 23.8 Å². The van der Waals surface area contributed by atoms with Crippen molar-refractivity contribution in [3.05, 3.63) is 46.2 Å². The molecule has 30 heavy (non-hydrogen) atoms. The van der Waals surface area contributed by atoms with Crippen LogP contribution in [0.3, 0.4) is 0 Å². The van der Waals surface area contributed by atoms with Gasteiger partial charge in [-0.1, -0.05) is 12.1 Å². The van der Waals surface area contributed by atoms with Crippen LogP contribution in [0.15, 0.2) is 35.7 Å². The van der Waals surface area contributed by atoms with E-state index in [0.29, 0.717) is 26.3 Å². The van der Waals surface area contributed by atoms with E-state index in [4.69, 9.17) is 9.47 Å². The van der Waals surface area contributed by atoms with Gasteiger partial charge in [0.1, 0.15) is 13.2 Å². The van der Waals surface area contributed by atoms with Crippen molar-refractivity contribution in [2.75, 3.05) is 32.8 Å². The second kappa shape index (κ2) is 8.30. The number of ether oxygens (including phenoxy) is 2. The van der Waals surface area contributed by atoms with E-state index in [1.165, 1.54) is 11.3 Å². The van der Waals surface area contributed by atoms with Gasteiger partial charge in [-0.05, 0) is 54.8 Å². The number of likely N-dealkylation sites (tertiary alicyclic amines) is 2. The standard InChI is InChI=1S/C23H26N2O4S/c26-22(16-7-10-24(11-8-16)23(27)21-4-2-14-30-21)25-9-1-3-18(25)17-5-6-19-20(15-17)29-13-12-28-19/h2,4-6,14-16,18H,1,3,7-13H2. The fourth-order valence-corrected chi connectivity index (χ4v) is 5.46. The van der Waals surface area contributed by atoms with E-state index in [9.17, 15) is 9.59 Å². The number of hydrogen-bond donors (Lipinski definition) is 0. The molecule has 2 amide bonds. The lowest BCUT2D eigenvalue weighted by Crippen LogP contribution is -2.44. The molecule has 1 unspecified atom stereocenters. The van der Waals surface area contributed by atoms with Crippen molar-refractivity contribution in [2.24, 2.45) is 5.92 Å². The van der Waals surface area contributed by atoms with Crippen LogP contribution in [0.4, 0.5) is 0 Å². The molecule has 6 nitrogen and oxygen atoms in total. The molecule has 3 aliphatic rings. The summed E-state index contributed by atoms with van der Waals surface area (Å²) in [5.41, 5.74) is 1.12. The Morgan fingerprint density at radius 3 is 2.53 bits per heavy atom. The van der Waals surface area contributed by atoms with E-state index < -0.39 is 0 Å². The molecular formula is C23H26N2O4S. The molecule has 0 spiro atoms. The van der Waals surface area contributed by atoms with Gasteiger partial charge in [-0.3, -0.25) is 9.59 Å². The number of thiophene rings is 1. The molecule has 0 aliphatic carbocycles. The van der Waals surface area contributed by atoms with Gasteiger partial charge in [0, 0.05) is 25.6 Å². The van der Waals surface area contributed by atoms with E-state index in [1.54, 1.807) is 0 Å². The summed E-state index contributed by atoms with van der Waals surface area (Å²) in [5, 5.41) is 1.93. The van der Waals surface area contributed by atoms with Crippen molar-refractivity contribution in [3.63, 3.8) is 0 Å². The minimum Gasteiger partial charge on any atom is -0.486 e. The molecule has 0 radical (unpaired) electrons. The Bertz CT molecular complexity index is 921. The lowest BCUT2D eigenvalue weighted by molar-refractivity contribution is -0.137.